The highest BCUT2D eigenvalue weighted by atomic mass is 79.9. The number of anilines is 2. The smallest absolute Gasteiger partial charge is 0.166 e. The van der Waals surface area contributed by atoms with Crippen molar-refractivity contribution in [3.63, 3.8) is 0 Å². The van der Waals surface area contributed by atoms with Gasteiger partial charge in [0, 0.05) is 15.1 Å². The summed E-state index contributed by atoms with van der Waals surface area (Å²) in [6.45, 7) is 0. The third kappa shape index (κ3) is 3.01. The zero-order chi connectivity index (χ0) is 12.4. The Morgan fingerprint density at radius 2 is 1.88 bits per heavy atom. The fraction of sp³-hybridized carbons (Fsp3) is 0. The van der Waals surface area contributed by atoms with Crippen molar-refractivity contribution in [2.24, 2.45) is 0 Å². The zero-order valence-corrected chi connectivity index (χ0v) is 11.5. The van der Waals surface area contributed by atoms with Gasteiger partial charge in [0.2, 0.25) is 0 Å². The predicted molar refractivity (Wildman–Crippen MR) is 69.3 cm³/mol. The van der Waals surface area contributed by atoms with Gasteiger partial charge in [0.15, 0.2) is 11.6 Å². The van der Waals surface area contributed by atoms with Gasteiger partial charge in [0.25, 0.3) is 0 Å². The van der Waals surface area contributed by atoms with Crippen LogP contribution in [0.4, 0.5) is 20.3 Å². The number of hydrogen-bond acceptors (Lipinski definition) is 2. The van der Waals surface area contributed by atoms with Gasteiger partial charge in [-0.1, -0.05) is 0 Å². The van der Waals surface area contributed by atoms with E-state index in [1.54, 1.807) is 0 Å². The molecule has 2 nitrogen and oxygen atoms in total. The summed E-state index contributed by atoms with van der Waals surface area (Å²) in [6.07, 6.45) is 1.48. The minimum atomic E-state index is -0.490. The molecule has 88 valence electrons. The molecule has 0 aliphatic carbocycles. The van der Waals surface area contributed by atoms with Crippen molar-refractivity contribution >= 4 is 43.4 Å². The number of pyridine rings is 1. The van der Waals surface area contributed by atoms with Crippen LogP contribution < -0.4 is 5.32 Å². The van der Waals surface area contributed by atoms with Gasteiger partial charge in [-0.2, -0.15) is 0 Å². The highest BCUT2D eigenvalue weighted by molar-refractivity contribution is 9.10. The minimum absolute atomic E-state index is 0.0838. The van der Waals surface area contributed by atoms with Gasteiger partial charge in [0.05, 0.1) is 5.69 Å². The summed E-state index contributed by atoms with van der Waals surface area (Å²) in [6, 6.07) is 5.37. The lowest BCUT2D eigenvalue weighted by atomic mass is 10.3. The number of nitrogens with zero attached hydrogens (tertiary/aromatic N) is 1. The van der Waals surface area contributed by atoms with Crippen molar-refractivity contribution in [3.05, 3.63) is 51.0 Å². The normalized spacial score (nSPS) is 10.4. The molecule has 0 unspecified atom stereocenters. The van der Waals surface area contributed by atoms with Gasteiger partial charge in [-0.05, 0) is 56.1 Å². The fourth-order valence-electron chi connectivity index (χ4n) is 1.22. The summed E-state index contributed by atoms with van der Waals surface area (Å²) in [5.41, 5.74) is 0.542. The van der Waals surface area contributed by atoms with E-state index in [0.717, 1.165) is 0 Å². The number of nitrogens with one attached hydrogen (secondary N) is 1. The Hall–Kier alpha value is -1.01. The number of hydrogen-bond donors (Lipinski definition) is 1. The summed E-state index contributed by atoms with van der Waals surface area (Å²) in [5.74, 6) is -0.775. The zero-order valence-electron chi connectivity index (χ0n) is 8.35. The first kappa shape index (κ1) is 12.4. The molecule has 1 N–H and O–H groups in total. The SMILES string of the molecule is Fc1ccc(Nc2ncc(Br)cc2F)c(Br)c1. The Morgan fingerprint density at radius 3 is 2.53 bits per heavy atom. The topological polar surface area (TPSA) is 24.9 Å². The third-order valence-corrected chi connectivity index (χ3v) is 3.08. The number of rotatable bonds is 2. The molecule has 0 radical (unpaired) electrons. The lowest BCUT2D eigenvalue weighted by Crippen LogP contribution is -1.97. The molecule has 0 aliphatic rings. The van der Waals surface area contributed by atoms with Crippen LogP contribution in [-0.4, -0.2) is 4.98 Å². The second kappa shape index (κ2) is 5.10. The standard InChI is InChI=1S/C11H6Br2F2N2/c12-6-3-9(15)11(16-5-6)17-10-2-1-7(14)4-8(10)13/h1-5H,(H,16,17). The van der Waals surface area contributed by atoms with E-state index in [0.29, 0.717) is 14.6 Å². The molecule has 1 heterocycles. The molecule has 0 saturated carbocycles. The molecule has 2 rings (SSSR count). The van der Waals surface area contributed by atoms with Gasteiger partial charge in [0.1, 0.15) is 5.82 Å². The second-order valence-electron chi connectivity index (χ2n) is 3.23. The first-order valence-electron chi connectivity index (χ1n) is 4.59. The Morgan fingerprint density at radius 1 is 1.12 bits per heavy atom. The lowest BCUT2D eigenvalue weighted by molar-refractivity contribution is 0.624. The average molecular weight is 364 g/mol. The molecule has 6 heteroatoms. The van der Waals surface area contributed by atoms with E-state index in [2.05, 4.69) is 42.2 Å². The van der Waals surface area contributed by atoms with Gasteiger partial charge >= 0.3 is 0 Å². The van der Waals surface area contributed by atoms with Crippen LogP contribution in [0.1, 0.15) is 0 Å². The number of aromatic nitrogens is 1. The van der Waals surface area contributed by atoms with E-state index in [4.69, 9.17) is 0 Å². The Balaban J connectivity index is 2.31. The average Bonchev–Trinajstić information content (AvgIpc) is 2.25. The van der Waals surface area contributed by atoms with Crippen molar-refractivity contribution in [2.45, 2.75) is 0 Å². The fourth-order valence-corrected chi connectivity index (χ4v) is 1.98. The molecule has 0 fully saturated rings. The molecule has 0 aliphatic heterocycles. The molecule has 0 amide bonds. The van der Waals surface area contributed by atoms with E-state index in [1.165, 1.54) is 30.5 Å². The van der Waals surface area contributed by atoms with Gasteiger partial charge in [-0.25, -0.2) is 13.8 Å². The van der Waals surface area contributed by atoms with E-state index in [-0.39, 0.29) is 11.6 Å². The molecule has 0 saturated heterocycles. The van der Waals surface area contributed by atoms with Crippen molar-refractivity contribution in [3.8, 4) is 0 Å². The van der Waals surface area contributed by atoms with Crippen LogP contribution in [0, 0.1) is 11.6 Å². The van der Waals surface area contributed by atoms with Gasteiger partial charge in [-0.3, -0.25) is 0 Å². The van der Waals surface area contributed by atoms with E-state index < -0.39 is 5.82 Å². The molecular formula is C11H6Br2F2N2. The molecule has 0 spiro atoms. The van der Waals surface area contributed by atoms with Crippen molar-refractivity contribution in [1.82, 2.24) is 4.98 Å². The van der Waals surface area contributed by atoms with Gasteiger partial charge < -0.3 is 5.32 Å². The largest absolute Gasteiger partial charge is 0.337 e. The van der Waals surface area contributed by atoms with Crippen LogP contribution in [0.15, 0.2) is 39.4 Å². The van der Waals surface area contributed by atoms with Crippen molar-refractivity contribution in [2.75, 3.05) is 5.32 Å². The minimum Gasteiger partial charge on any atom is -0.337 e. The first-order chi connectivity index (χ1) is 8.06. The molecule has 2 aromatic rings. The van der Waals surface area contributed by atoms with E-state index >= 15 is 0 Å². The monoisotopic (exact) mass is 362 g/mol. The second-order valence-corrected chi connectivity index (χ2v) is 5.00. The summed E-state index contributed by atoms with van der Waals surface area (Å²) < 4.78 is 27.4. The lowest BCUT2D eigenvalue weighted by Gasteiger charge is -2.08. The van der Waals surface area contributed by atoms with Crippen LogP contribution in [-0.2, 0) is 0 Å². The summed E-state index contributed by atoms with van der Waals surface area (Å²) in [5, 5.41) is 2.77. The Labute approximate surface area is 113 Å². The molecule has 17 heavy (non-hydrogen) atoms. The maximum absolute atomic E-state index is 13.5. The van der Waals surface area contributed by atoms with Crippen molar-refractivity contribution < 1.29 is 8.78 Å². The number of benzene rings is 1. The molecule has 1 aromatic heterocycles. The van der Waals surface area contributed by atoms with Crippen LogP contribution in [0.25, 0.3) is 0 Å². The Kier molecular flexibility index (Phi) is 3.73. The predicted octanol–water partition coefficient (Wildman–Crippen LogP) is 4.63. The van der Waals surface area contributed by atoms with Crippen LogP contribution >= 0.6 is 31.9 Å². The van der Waals surface area contributed by atoms with Crippen LogP contribution in [0.2, 0.25) is 0 Å². The van der Waals surface area contributed by atoms with Crippen molar-refractivity contribution in [1.29, 1.82) is 0 Å². The van der Waals surface area contributed by atoms with E-state index in [9.17, 15) is 8.78 Å². The summed E-state index contributed by atoms with van der Waals surface area (Å²) in [4.78, 5) is 3.89. The van der Waals surface area contributed by atoms with Crippen LogP contribution in [0.5, 0.6) is 0 Å². The molecule has 1 aromatic carbocycles. The maximum Gasteiger partial charge on any atom is 0.166 e. The first-order valence-corrected chi connectivity index (χ1v) is 6.18. The van der Waals surface area contributed by atoms with Gasteiger partial charge in [-0.15, -0.1) is 0 Å². The quantitative estimate of drug-likeness (QED) is 0.841. The highest BCUT2D eigenvalue weighted by Gasteiger charge is 2.07. The molecular weight excluding hydrogens is 358 g/mol. The summed E-state index contributed by atoms with van der Waals surface area (Å²) in [7, 11) is 0. The Bertz CT molecular complexity index is 512. The highest BCUT2D eigenvalue weighted by Crippen LogP contribution is 2.27. The molecule has 0 atom stereocenters. The molecule has 0 bridgehead atoms. The maximum atomic E-state index is 13.5. The van der Waals surface area contributed by atoms with Crippen LogP contribution in [0.3, 0.4) is 0 Å². The van der Waals surface area contributed by atoms with E-state index in [1.807, 2.05) is 0 Å². The third-order valence-electron chi connectivity index (χ3n) is 1.99. The summed E-state index contributed by atoms with van der Waals surface area (Å²) >= 11 is 6.30. The number of halogens is 4.